The van der Waals surface area contributed by atoms with E-state index in [1.54, 1.807) is 29.0 Å². The fraction of sp³-hybridized carbons (Fsp3) is 0.185. The SMILES string of the molecule is O=C(NCc1ccnc(Cl)c1)n1c2c(c3ccc(Cl)cc31)CN(C/C=C/c1ccc(F)cc1)CC2. The molecule has 0 radical (unpaired) electrons. The summed E-state index contributed by atoms with van der Waals surface area (Å²) in [5.74, 6) is -0.240. The molecule has 1 aliphatic rings. The zero-order valence-corrected chi connectivity index (χ0v) is 20.4. The molecule has 1 amide bonds. The van der Waals surface area contributed by atoms with Gasteiger partial charge in [0, 0.05) is 54.9 Å². The number of fused-ring (bicyclic) bond motifs is 3. The van der Waals surface area contributed by atoms with E-state index in [0.717, 1.165) is 59.3 Å². The minimum absolute atomic E-state index is 0.198. The molecule has 1 N–H and O–H groups in total. The molecule has 5 rings (SSSR count). The average Bonchev–Trinajstić information content (AvgIpc) is 3.16. The quantitative estimate of drug-likeness (QED) is 0.321. The van der Waals surface area contributed by atoms with Gasteiger partial charge in [0.1, 0.15) is 11.0 Å². The summed E-state index contributed by atoms with van der Waals surface area (Å²) < 4.78 is 14.9. The molecule has 0 unspecified atom stereocenters. The Morgan fingerprint density at radius 3 is 2.74 bits per heavy atom. The van der Waals surface area contributed by atoms with Crippen LogP contribution in [-0.2, 0) is 19.5 Å². The second-order valence-corrected chi connectivity index (χ2v) is 9.33. The fourth-order valence-electron chi connectivity index (χ4n) is 4.50. The molecule has 8 heteroatoms. The Labute approximate surface area is 212 Å². The molecule has 0 spiro atoms. The van der Waals surface area contributed by atoms with Gasteiger partial charge in [-0.1, -0.05) is 53.6 Å². The van der Waals surface area contributed by atoms with Gasteiger partial charge in [-0.3, -0.25) is 9.47 Å². The number of carbonyl (C=O) groups excluding carboxylic acids is 1. The standard InChI is InChI=1S/C27H23Cl2FN4O/c28-20-5-8-22-23-17-33(12-1-2-18-3-6-21(30)7-4-18)13-10-24(23)34(25(22)15-20)27(35)32-16-19-9-11-31-26(29)14-19/h1-9,11,14-15H,10,12-13,16-17H2,(H,32,35)/b2-1+. The summed E-state index contributed by atoms with van der Waals surface area (Å²) >= 11 is 12.3. The molecule has 0 bridgehead atoms. The van der Waals surface area contributed by atoms with Crippen LogP contribution in [-0.4, -0.2) is 33.6 Å². The maximum atomic E-state index is 13.3. The number of aromatic nitrogens is 2. The minimum Gasteiger partial charge on any atom is -0.333 e. The van der Waals surface area contributed by atoms with Crippen molar-refractivity contribution in [2.75, 3.05) is 13.1 Å². The van der Waals surface area contributed by atoms with Crippen LogP contribution in [0.1, 0.15) is 22.4 Å². The maximum absolute atomic E-state index is 13.3. The van der Waals surface area contributed by atoms with Gasteiger partial charge in [-0.15, -0.1) is 0 Å². The van der Waals surface area contributed by atoms with Crippen molar-refractivity contribution in [1.29, 1.82) is 0 Å². The Bertz CT molecular complexity index is 1410. The van der Waals surface area contributed by atoms with E-state index in [-0.39, 0.29) is 11.8 Å². The number of carbonyl (C=O) groups is 1. The third kappa shape index (κ3) is 5.25. The molecule has 2 aromatic heterocycles. The highest BCUT2D eigenvalue weighted by Gasteiger charge is 2.26. The van der Waals surface area contributed by atoms with E-state index < -0.39 is 0 Å². The zero-order valence-electron chi connectivity index (χ0n) is 18.8. The molecule has 4 aromatic rings. The molecule has 178 valence electrons. The van der Waals surface area contributed by atoms with Crippen molar-refractivity contribution in [1.82, 2.24) is 19.8 Å². The lowest BCUT2D eigenvalue weighted by Crippen LogP contribution is -2.34. The van der Waals surface area contributed by atoms with E-state index in [2.05, 4.69) is 21.3 Å². The van der Waals surface area contributed by atoms with Crippen LogP contribution in [0, 0.1) is 5.82 Å². The van der Waals surface area contributed by atoms with E-state index in [4.69, 9.17) is 23.2 Å². The van der Waals surface area contributed by atoms with Gasteiger partial charge in [-0.2, -0.15) is 0 Å². The van der Waals surface area contributed by atoms with Crippen LogP contribution in [0.5, 0.6) is 0 Å². The molecule has 0 fully saturated rings. The zero-order chi connectivity index (χ0) is 24.4. The smallest absolute Gasteiger partial charge is 0.326 e. The first kappa shape index (κ1) is 23.5. The largest absolute Gasteiger partial charge is 0.333 e. The topological polar surface area (TPSA) is 50.2 Å². The average molecular weight is 509 g/mol. The van der Waals surface area contributed by atoms with Gasteiger partial charge in [-0.25, -0.2) is 14.2 Å². The number of halogens is 3. The highest BCUT2D eigenvalue weighted by atomic mass is 35.5. The van der Waals surface area contributed by atoms with E-state index >= 15 is 0 Å². The molecule has 0 aliphatic carbocycles. The van der Waals surface area contributed by atoms with Crippen molar-refractivity contribution in [2.24, 2.45) is 0 Å². The first-order valence-electron chi connectivity index (χ1n) is 11.3. The second kappa shape index (κ2) is 10.2. The Kier molecular flexibility index (Phi) is 6.86. The summed E-state index contributed by atoms with van der Waals surface area (Å²) in [5.41, 5.74) is 4.78. The summed E-state index contributed by atoms with van der Waals surface area (Å²) in [6, 6.07) is 15.5. The Balaban J connectivity index is 1.37. The van der Waals surface area contributed by atoms with Crippen molar-refractivity contribution in [3.8, 4) is 0 Å². The summed E-state index contributed by atoms with van der Waals surface area (Å²) in [6.07, 6.45) is 6.44. The lowest BCUT2D eigenvalue weighted by Gasteiger charge is -2.27. The molecule has 1 aliphatic heterocycles. The molecule has 3 heterocycles. The third-order valence-corrected chi connectivity index (χ3v) is 6.61. The fourth-order valence-corrected chi connectivity index (χ4v) is 4.86. The number of nitrogens with zero attached hydrogens (tertiary/aromatic N) is 3. The van der Waals surface area contributed by atoms with Gasteiger partial charge in [0.25, 0.3) is 0 Å². The number of amides is 1. The normalized spacial score (nSPS) is 13.9. The summed E-state index contributed by atoms with van der Waals surface area (Å²) in [6.45, 7) is 2.64. The van der Waals surface area contributed by atoms with Crippen LogP contribution in [0.4, 0.5) is 9.18 Å². The van der Waals surface area contributed by atoms with Gasteiger partial charge in [0.05, 0.1) is 5.52 Å². The molecular formula is C27H23Cl2FN4O. The Hall–Kier alpha value is -3.19. The van der Waals surface area contributed by atoms with E-state index in [0.29, 0.717) is 16.7 Å². The molecule has 0 saturated carbocycles. The van der Waals surface area contributed by atoms with E-state index in [9.17, 15) is 9.18 Å². The van der Waals surface area contributed by atoms with Crippen LogP contribution < -0.4 is 5.32 Å². The molecule has 0 saturated heterocycles. The predicted octanol–water partition coefficient (Wildman–Crippen LogP) is 6.31. The number of nitrogens with one attached hydrogen (secondary N) is 1. The van der Waals surface area contributed by atoms with Crippen LogP contribution in [0.2, 0.25) is 10.2 Å². The van der Waals surface area contributed by atoms with Gasteiger partial charge in [-0.05, 0) is 53.1 Å². The molecular weight excluding hydrogens is 486 g/mol. The molecule has 5 nitrogen and oxygen atoms in total. The van der Waals surface area contributed by atoms with Crippen LogP contribution in [0.3, 0.4) is 0 Å². The first-order valence-corrected chi connectivity index (χ1v) is 12.1. The number of hydrogen-bond donors (Lipinski definition) is 1. The third-order valence-electron chi connectivity index (χ3n) is 6.17. The predicted molar refractivity (Wildman–Crippen MR) is 138 cm³/mol. The van der Waals surface area contributed by atoms with Crippen molar-refractivity contribution < 1.29 is 9.18 Å². The van der Waals surface area contributed by atoms with Crippen molar-refractivity contribution >= 4 is 46.2 Å². The number of rotatable bonds is 5. The van der Waals surface area contributed by atoms with Crippen molar-refractivity contribution in [2.45, 2.75) is 19.5 Å². The minimum atomic E-state index is -0.240. The van der Waals surface area contributed by atoms with E-state index in [1.165, 1.54) is 12.1 Å². The monoisotopic (exact) mass is 508 g/mol. The summed E-state index contributed by atoms with van der Waals surface area (Å²) in [7, 11) is 0. The van der Waals surface area contributed by atoms with Gasteiger partial charge < -0.3 is 5.32 Å². The summed E-state index contributed by atoms with van der Waals surface area (Å²) in [4.78, 5) is 19.6. The van der Waals surface area contributed by atoms with Crippen molar-refractivity contribution in [3.63, 3.8) is 0 Å². The summed E-state index contributed by atoms with van der Waals surface area (Å²) in [5, 5.41) is 5.00. The Morgan fingerprint density at radius 1 is 1.11 bits per heavy atom. The van der Waals surface area contributed by atoms with Crippen molar-refractivity contribution in [3.05, 3.63) is 105 Å². The first-order chi connectivity index (χ1) is 17.0. The Morgan fingerprint density at radius 2 is 1.94 bits per heavy atom. The molecule has 35 heavy (non-hydrogen) atoms. The van der Waals surface area contributed by atoms with Crippen LogP contribution in [0.25, 0.3) is 17.0 Å². The van der Waals surface area contributed by atoms with Gasteiger partial charge in [0.2, 0.25) is 0 Å². The number of hydrogen-bond acceptors (Lipinski definition) is 3. The molecule has 2 aromatic carbocycles. The number of benzene rings is 2. The highest BCUT2D eigenvalue weighted by Crippen LogP contribution is 2.32. The maximum Gasteiger partial charge on any atom is 0.326 e. The lowest BCUT2D eigenvalue weighted by molar-refractivity contribution is 0.240. The van der Waals surface area contributed by atoms with Crippen LogP contribution in [0.15, 0.2) is 66.9 Å². The van der Waals surface area contributed by atoms with E-state index in [1.807, 2.05) is 30.3 Å². The van der Waals surface area contributed by atoms with Crippen LogP contribution >= 0.6 is 23.2 Å². The molecule has 0 atom stereocenters. The lowest BCUT2D eigenvalue weighted by atomic mass is 10.0. The van der Waals surface area contributed by atoms with Gasteiger partial charge in [0.15, 0.2) is 0 Å². The second-order valence-electron chi connectivity index (χ2n) is 8.51. The highest BCUT2D eigenvalue weighted by molar-refractivity contribution is 6.31. The van der Waals surface area contributed by atoms with Gasteiger partial charge >= 0.3 is 6.03 Å². The number of pyridine rings is 1.